The largest absolute Gasteiger partial charge is 0.481 e. The monoisotopic (exact) mass is 533 g/mol. The summed E-state index contributed by atoms with van der Waals surface area (Å²) in [5, 5.41) is 20.1. The van der Waals surface area contributed by atoms with Gasteiger partial charge >= 0.3 is 6.09 Å². The van der Waals surface area contributed by atoms with E-state index in [1.165, 1.54) is 13.3 Å². The van der Waals surface area contributed by atoms with E-state index in [0.717, 1.165) is 5.69 Å². The van der Waals surface area contributed by atoms with E-state index in [9.17, 15) is 14.7 Å². The summed E-state index contributed by atoms with van der Waals surface area (Å²) in [6.45, 7) is 4.76. The number of ether oxygens (including phenoxy) is 1. The molecule has 0 unspecified atom stereocenters. The quantitative estimate of drug-likeness (QED) is 0.322. The normalized spacial score (nSPS) is 13.4. The van der Waals surface area contributed by atoms with Crippen molar-refractivity contribution in [2.24, 2.45) is 0 Å². The predicted octanol–water partition coefficient (Wildman–Crippen LogP) is 4.19. The predicted molar refractivity (Wildman–Crippen MR) is 143 cm³/mol. The maximum absolute atomic E-state index is 15.5. The van der Waals surface area contributed by atoms with Gasteiger partial charge in [0, 0.05) is 60.5 Å². The average molecular weight is 534 g/mol. The van der Waals surface area contributed by atoms with Crippen LogP contribution in [0.5, 0.6) is 5.88 Å². The first-order valence-corrected chi connectivity index (χ1v) is 12.5. The smallest absolute Gasteiger partial charge is 0.409 e. The highest BCUT2D eigenvalue weighted by Gasteiger charge is 2.24. The van der Waals surface area contributed by atoms with Crippen molar-refractivity contribution in [2.45, 2.75) is 39.3 Å². The molecule has 3 aromatic heterocycles. The maximum atomic E-state index is 15.5. The number of fused-ring (bicyclic) bond motifs is 2. The standard InChI is InChI=1S/C27H28FN7O4/c1-15(2)34-8-6-19-12-22(33-35(19)14-23(34)36)31-21-11-17-10-18(9-16-5-4-7-29-26(16)39-3)24(28)25(32-27(37)38)20(17)13-30-21/h4-5,7,10-13,15,32H,6,8-9,14H2,1-3H3,(H,37,38)(H,30,31,33). The molecule has 0 saturated heterocycles. The van der Waals surface area contributed by atoms with Crippen LogP contribution in [0.1, 0.15) is 30.7 Å². The number of carbonyl (C=O) groups is 2. The number of halogens is 1. The molecule has 0 fully saturated rings. The minimum absolute atomic E-state index is 0.0143. The van der Waals surface area contributed by atoms with Crippen LogP contribution in [0.2, 0.25) is 0 Å². The summed E-state index contributed by atoms with van der Waals surface area (Å²) < 4.78 is 22.5. The van der Waals surface area contributed by atoms with Crippen LogP contribution in [0.4, 0.5) is 26.5 Å². The van der Waals surface area contributed by atoms with Gasteiger partial charge in [-0.2, -0.15) is 5.10 Å². The second-order valence-electron chi connectivity index (χ2n) is 9.53. The molecule has 0 spiro atoms. The molecular formula is C27H28FN7O4. The Morgan fingerprint density at radius 1 is 1.21 bits per heavy atom. The van der Waals surface area contributed by atoms with Crippen LogP contribution in [-0.4, -0.2) is 61.5 Å². The molecule has 4 aromatic rings. The van der Waals surface area contributed by atoms with Gasteiger partial charge in [0.15, 0.2) is 11.6 Å². The molecule has 39 heavy (non-hydrogen) atoms. The van der Waals surface area contributed by atoms with E-state index in [-0.39, 0.29) is 36.2 Å². The summed E-state index contributed by atoms with van der Waals surface area (Å²) in [4.78, 5) is 34.4. The number of nitrogens with zero attached hydrogens (tertiary/aromatic N) is 5. The van der Waals surface area contributed by atoms with E-state index in [1.54, 1.807) is 35.1 Å². The zero-order valence-electron chi connectivity index (χ0n) is 21.7. The third-order valence-corrected chi connectivity index (χ3v) is 6.65. The van der Waals surface area contributed by atoms with Gasteiger partial charge in [-0.15, -0.1) is 0 Å². The lowest BCUT2D eigenvalue weighted by atomic mass is 10.00. The van der Waals surface area contributed by atoms with E-state index < -0.39 is 11.9 Å². The number of amides is 2. The molecule has 4 heterocycles. The Morgan fingerprint density at radius 2 is 2.03 bits per heavy atom. The molecule has 0 bridgehead atoms. The second-order valence-corrected chi connectivity index (χ2v) is 9.53. The van der Waals surface area contributed by atoms with Gasteiger partial charge in [-0.05, 0) is 43.0 Å². The second kappa shape index (κ2) is 10.6. The summed E-state index contributed by atoms with van der Waals surface area (Å²) in [6.07, 6.45) is 2.40. The van der Waals surface area contributed by atoms with Crippen molar-refractivity contribution in [2.75, 3.05) is 24.3 Å². The Morgan fingerprint density at radius 3 is 2.77 bits per heavy atom. The number of aromatic nitrogens is 4. The number of hydrogen-bond donors (Lipinski definition) is 3. The molecule has 3 N–H and O–H groups in total. The van der Waals surface area contributed by atoms with Gasteiger partial charge in [0.1, 0.15) is 12.4 Å². The van der Waals surface area contributed by atoms with Crippen LogP contribution < -0.4 is 15.4 Å². The summed E-state index contributed by atoms with van der Waals surface area (Å²) in [5.74, 6) is 0.630. The summed E-state index contributed by atoms with van der Waals surface area (Å²) in [6, 6.07) is 8.84. The van der Waals surface area contributed by atoms with E-state index in [4.69, 9.17) is 4.74 Å². The van der Waals surface area contributed by atoms with Crippen molar-refractivity contribution in [3.63, 3.8) is 0 Å². The molecule has 1 aliphatic rings. The third kappa shape index (κ3) is 5.31. The number of carboxylic acid groups (broad SMARTS) is 1. The molecule has 12 heteroatoms. The summed E-state index contributed by atoms with van der Waals surface area (Å²) >= 11 is 0. The molecular weight excluding hydrogens is 505 g/mol. The highest BCUT2D eigenvalue weighted by molar-refractivity contribution is 6.01. The highest BCUT2D eigenvalue weighted by Crippen LogP contribution is 2.33. The van der Waals surface area contributed by atoms with Gasteiger partial charge in [-0.1, -0.05) is 6.07 Å². The number of methoxy groups -OCH3 is 1. The van der Waals surface area contributed by atoms with Crippen molar-refractivity contribution in [1.82, 2.24) is 24.6 Å². The number of pyridine rings is 2. The molecule has 0 radical (unpaired) electrons. The Hall–Kier alpha value is -4.74. The van der Waals surface area contributed by atoms with Gasteiger partial charge < -0.3 is 20.1 Å². The zero-order valence-corrected chi connectivity index (χ0v) is 21.7. The molecule has 11 nitrogen and oxygen atoms in total. The zero-order chi connectivity index (χ0) is 27.7. The first-order chi connectivity index (χ1) is 18.7. The Kier molecular flexibility index (Phi) is 7.01. The molecule has 0 atom stereocenters. The molecule has 5 rings (SSSR count). The average Bonchev–Trinajstić information content (AvgIpc) is 3.19. The molecule has 1 aliphatic heterocycles. The number of nitrogens with one attached hydrogen (secondary N) is 2. The Balaban J connectivity index is 1.48. The first-order valence-electron chi connectivity index (χ1n) is 12.5. The van der Waals surface area contributed by atoms with Crippen molar-refractivity contribution in [3.05, 3.63) is 65.4 Å². The minimum atomic E-state index is -1.39. The lowest BCUT2D eigenvalue weighted by molar-refractivity contribution is -0.133. The van der Waals surface area contributed by atoms with Crippen LogP contribution in [0.15, 0.2) is 42.7 Å². The first kappa shape index (κ1) is 25.9. The fourth-order valence-corrected chi connectivity index (χ4v) is 4.81. The van der Waals surface area contributed by atoms with Gasteiger partial charge in [0.2, 0.25) is 11.8 Å². The van der Waals surface area contributed by atoms with E-state index in [0.29, 0.717) is 46.8 Å². The molecule has 0 aliphatic carbocycles. The van der Waals surface area contributed by atoms with Gasteiger partial charge in [0.25, 0.3) is 0 Å². The number of rotatable bonds is 7. The van der Waals surface area contributed by atoms with Crippen LogP contribution in [0.25, 0.3) is 10.8 Å². The van der Waals surface area contributed by atoms with Crippen LogP contribution in [0.3, 0.4) is 0 Å². The van der Waals surface area contributed by atoms with Crippen molar-refractivity contribution < 1.29 is 23.8 Å². The summed E-state index contributed by atoms with van der Waals surface area (Å²) in [5.41, 5.74) is 1.66. The van der Waals surface area contributed by atoms with Crippen LogP contribution in [0, 0.1) is 5.82 Å². The molecule has 1 aromatic carbocycles. The maximum Gasteiger partial charge on any atom is 0.409 e. The topological polar surface area (TPSA) is 134 Å². The lowest BCUT2D eigenvalue weighted by Gasteiger charge is -2.24. The fourth-order valence-electron chi connectivity index (χ4n) is 4.81. The van der Waals surface area contributed by atoms with Crippen molar-refractivity contribution in [3.8, 4) is 5.88 Å². The minimum Gasteiger partial charge on any atom is -0.481 e. The number of carbonyl (C=O) groups excluding carboxylic acids is 1. The molecule has 202 valence electrons. The number of anilines is 3. The van der Waals surface area contributed by atoms with Crippen LogP contribution >= 0.6 is 0 Å². The lowest BCUT2D eigenvalue weighted by Crippen LogP contribution is -2.38. The Bertz CT molecular complexity index is 1570. The fraction of sp³-hybridized carbons (Fsp3) is 0.296. The van der Waals surface area contributed by atoms with Crippen LogP contribution in [-0.2, 0) is 24.2 Å². The SMILES string of the molecule is COc1ncccc1Cc1cc2cc(Nc3cc4n(n3)CC(=O)N(C(C)C)CC4)ncc2c(NC(=O)O)c1F. The van der Waals surface area contributed by atoms with E-state index in [2.05, 4.69) is 25.7 Å². The van der Waals surface area contributed by atoms with E-state index in [1.807, 2.05) is 24.8 Å². The van der Waals surface area contributed by atoms with Crippen molar-refractivity contribution in [1.29, 1.82) is 0 Å². The van der Waals surface area contributed by atoms with Gasteiger partial charge in [0.05, 0.1) is 12.8 Å². The van der Waals surface area contributed by atoms with Gasteiger partial charge in [-0.3, -0.25) is 14.8 Å². The molecule has 0 saturated carbocycles. The molecule has 2 amide bonds. The Labute approximate surface area is 223 Å². The van der Waals surface area contributed by atoms with Gasteiger partial charge in [-0.25, -0.2) is 19.2 Å². The number of hydrogen-bond acceptors (Lipinski definition) is 7. The van der Waals surface area contributed by atoms with E-state index >= 15 is 4.39 Å². The summed E-state index contributed by atoms with van der Waals surface area (Å²) in [7, 11) is 1.48. The number of benzene rings is 1. The van der Waals surface area contributed by atoms with Crippen molar-refractivity contribution >= 4 is 40.1 Å². The third-order valence-electron chi connectivity index (χ3n) is 6.65. The highest BCUT2D eigenvalue weighted by atomic mass is 19.1.